The monoisotopic (exact) mass is 372 g/mol. The van der Waals surface area contributed by atoms with Gasteiger partial charge in [0.25, 0.3) is 0 Å². The number of carbonyl (C=O) groups is 1. The summed E-state index contributed by atoms with van der Waals surface area (Å²) < 4.78 is 5.37. The van der Waals surface area contributed by atoms with Crippen molar-refractivity contribution in [2.45, 2.75) is 6.92 Å². The average molecular weight is 372 g/mol. The van der Waals surface area contributed by atoms with Crippen molar-refractivity contribution >= 4 is 17.7 Å². The number of phenols is 1. The highest BCUT2D eigenvalue weighted by Gasteiger charge is 2.16. The summed E-state index contributed by atoms with van der Waals surface area (Å²) in [5.41, 5.74) is 2.19. The lowest BCUT2D eigenvalue weighted by Crippen LogP contribution is -2.15. The van der Waals surface area contributed by atoms with Gasteiger partial charge in [-0.05, 0) is 30.7 Å². The van der Waals surface area contributed by atoms with Crippen LogP contribution in [0.5, 0.6) is 11.5 Å². The first kappa shape index (κ1) is 19.0. The summed E-state index contributed by atoms with van der Waals surface area (Å²) in [6.45, 7) is 2.28. The molecule has 140 valence electrons. The van der Waals surface area contributed by atoms with Crippen molar-refractivity contribution in [3.8, 4) is 11.5 Å². The summed E-state index contributed by atoms with van der Waals surface area (Å²) in [7, 11) is 0. The second kappa shape index (κ2) is 9.28. The number of ether oxygens (including phenoxy) is 1. The van der Waals surface area contributed by atoms with E-state index in [2.05, 4.69) is 10.2 Å². The van der Waals surface area contributed by atoms with E-state index in [0.717, 1.165) is 0 Å². The van der Waals surface area contributed by atoms with E-state index in [9.17, 15) is 9.90 Å². The number of hydrogen-bond acceptors (Lipinski definition) is 5. The molecule has 0 aliphatic heterocycles. The van der Waals surface area contributed by atoms with Crippen LogP contribution in [-0.2, 0) is 0 Å². The molecule has 0 unspecified atom stereocenters. The van der Waals surface area contributed by atoms with Crippen molar-refractivity contribution in [3.05, 3.63) is 95.6 Å². The Hall–Kier alpha value is -3.73. The Balaban J connectivity index is 1.93. The SMILES string of the molecule is CCOc1cc(C=NN=C(C(=O)c2ccccc2)c2ccccc2)ccc1O. The molecule has 0 radical (unpaired) electrons. The molecule has 3 rings (SSSR count). The molecule has 5 heteroatoms. The van der Waals surface area contributed by atoms with Gasteiger partial charge in [0, 0.05) is 11.1 Å². The summed E-state index contributed by atoms with van der Waals surface area (Å²) >= 11 is 0. The number of nitrogens with zero attached hydrogens (tertiary/aromatic N) is 2. The van der Waals surface area contributed by atoms with E-state index in [1.807, 2.05) is 55.5 Å². The van der Waals surface area contributed by atoms with Crippen molar-refractivity contribution in [2.75, 3.05) is 6.61 Å². The lowest BCUT2D eigenvalue weighted by atomic mass is 10.0. The van der Waals surface area contributed by atoms with Crippen LogP contribution >= 0.6 is 0 Å². The van der Waals surface area contributed by atoms with Crippen LogP contribution in [0.3, 0.4) is 0 Å². The molecule has 0 fully saturated rings. The molecule has 28 heavy (non-hydrogen) atoms. The predicted molar refractivity (Wildman–Crippen MR) is 111 cm³/mol. The lowest BCUT2D eigenvalue weighted by Gasteiger charge is -2.06. The van der Waals surface area contributed by atoms with E-state index in [4.69, 9.17) is 4.74 Å². The summed E-state index contributed by atoms with van der Waals surface area (Å²) in [5, 5.41) is 18.1. The third-order valence-corrected chi connectivity index (χ3v) is 3.95. The Morgan fingerprint density at radius 2 is 1.61 bits per heavy atom. The van der Waals surface area contributed by atoms with E-state index >= 15 is 0 Å². The molecule has 0 spiro atoms. The van der Waals surface area contributed by atoms with Gasteiger partial charge in [-0.2, -0.15) is 5.10 Å². The van der Waals surface area contributed by atoms with Crippen LogP contribution < -0.4 is 4.74 Å². The molecular weight excluding hydrogens is 352 g/mol. The van der Waals surface area contributed by atoms with Gasteiger partial charge in [-0.1, -0.05) is 60.7 Å². The van der Waals surface area contributed by atoms with E-state index < -0.39 is 0 Å². The van der Waals surface area contributed by atoms with Crippen LogP contribution in [0.1, 0.15) is 28.4 Å². The molecular formula is C23H20N2O3. The largest absolute Gasteiger partial charge is 0.504 e. The van der Waals surface area contributed by atoms with Crippen LogP contribution in [0.4, 0.5) is 0 Å². The van der Waals surface area contributed by atoms with Gasteiger partial charge in [-0.3, -0.25) is 4.79 Å². The smallest absolute Gasteiger partial charge is 0.213 e. The van der Waals surface area contributed by atoms with Gasteiger partial charge >= 0.3 is 0 Å². The number of ketones is 1. The van der Waals surface area contributed by atoms with Gasteiger partial charge in [-0.25, -0.2) is 0 Å². The van der Waals surface area contributed by atoms with Gasteiger partial charge in [0.05, 0.1) is 12.8 Å². The molecule has 0 saturated heterocycles. The maximum absolute atomic E-state index is 12.9. The molecule has 3 aromatic carbocycles. The Labute approximate surface area is 163 Å². The first-order valence-electron chi connectivity index (χ1n) is 8.91. The number of phenolic OH excluding ortho intramolecular Hbond substituents is 1. The van der Waals surface area contributed by atoms with Gasteiger partial charge < -0.3 is 9.84 Å². The predicted octanol–water partition coefficient (Wildman–Crippen LogP) is 4.50. The standard InChI is InChI=1S/C23H20N2O3/c1-2-28-21-15-17(13-14-20(21)26)16-24-25-22(18-9-5-3-6-10-18)23(27)19-11-7-4-8-12-19/h3-16,26H,2H2,1H3. The Morgan fingerprint density at radius 1 is 0.964 bits per heavy atom. The van der Waals surface area contributed by atoms with Crippen molar-refractivity contribution in [1.82, 2.24) is 0 Å². The fraction of sp³-hybridized carbons (Fsp3) is 0.0870. The fourth-order valence-electron chi connectivity index (χ4n) is 2.59. The number of carbonyl (C=O) groups excluding carboxylic acids is 1. The van der Waals surface area contributed by atoms with Gasteiger partial charge in [0.1, 0.15) is 5.71 Å². The molecule has 0 amide bonds. The van der Waals surface area contributed by atoms with Gasteiger partial charge in [0.15, 0.2) is 11.5 Å². The number of hydrogen-bond donors (Lipinski definition) is 1. The molecule has 1 N–H and O–H groups in total. The summed E-state index contributed by atoms with van der Waals surface area (Å²) in [5.74, 6) is 0.232. The van der Waals surface area contributed by atoms with E-state index in [1.165, 1.54) is 12.3 Å². The van der Waals surface area contributed by atoms with Crippen LogP contribution in [0, 0.1) is 0 Å². The van der Waals surface area contributed by atoms with E-state index in [0.29, 0.717) is 29.0 Å². The molecule has 0 aliphatic carbocycles. The minimum atomic E-state index is -0.204. The second-order valence-corrected chi connectivity index (χ2v) is 5.91. The number of rotatable bonds is 7. The highest BCUT2D eigenvalue weighted by atomic mass is 16.5. The van der Waals surface area contributed by atoms with Crippen molar-refractivity contribution in [2.24, 2.45) is 10.2 Å². The number of aromatic hydroxyl groups is 1. The van der Waals surface area contributed by atoms with Gasteiger partial charge in [0.2, 0.25) is 5.78 Å². The minimum Gasteiger partial charge on any atom is -0.504 e. The van der Waals surface area contributed by atoms with E-state index in [1.54, 1.807) is 24.3 Å². The van der Waals surface area contributed by atoms with Crippen molar-refractivity contribution in [1.29, 1.82) is 0 Å². The van der Waals surface area contributed by atoms with E-state index in [-0.39, 0.29) is 17.2 Å². The molecule has 0 bridgehead atoms. The molecule has 0 aliphatic rings. The quantitative estimate of drug-likeness (QED) is 0.377. The first-order chi connectivity index (χ1) is 13.7. The topological polar surface area (TPSA) is 71.2 Å². The average Bonchev–Trinajstić information content (AvgIpc) is 2.74. The Kier molecular flexibility index (Phi) is 6.31. The molecule has 5 nitrogen and oxygen atoms in total. The minimum absolute atomic E-state index is 0.0618. The summed E-state index contributed by atoms with van der Waals surface area (Å²) in [6, 6.07) is 23.1. The van der Waals surface area contributed by atoms with Crippen LogP contribution in [0.2, 0.25) is 0 Å². The molecule has 0 atom stereocenters. The Bertz CT molecular complexity index is 997. The maximum Gasteiger partial charge on any atom is 0.213 e. The maximum atomic E-state index is 12.9. The fourth-order valence-corrected chi connectivity index (χ4v) is 2.59. The summed E-state index contributed by atoms with van der Waals surface area (Å²) in [6.07, 6.45) is 1.52. The van der Waals surface area contributed by atoms with Crippen LogP contribution in [0.25, 0.3) is 0 Å². The second-order valence-electron chi connectivity index (χ2n) is 5.91. The third-order valence-electron chi connectivity index (χ3n) is 3.95. The Morgan fingerprint density at radius 3 is 2.25 bits per heavy atom. The zero-order valence-electron chi connectivity index (χ0n) is 15.4. The van der Waals surface area contributed by atoms with Crippen molar-refractivity contribution in [3.63, 3.8) is 0 Å². The highest BCUT2D eigenvalue weighted by molar-refractivity contribution is 6.51. The molecule has 3 aromatic rings. The van der Waals surface area contributed by atoms with Gasteiger partial charge in [-0.15, -0.1) is 5.10 Å². The highest BCUT2D eigenvalue weighted by Crippen LogP contribution is 2.26. The first-order valence-corrected chi connectivity index (χ1v) is 8.91. The lowest BCUT2D eigenvalue weighted by molar-refractivity contribution is 0.106. The normalized spacial score (nSPS) is 11.5. The number of benzene rings is 3. The third kappa shape index (κ3) is 4.71. The van der Waals surface area contributed by atoms with Crippen LogP contribution in [-0.4, -0.2) is 29.4 Å². The molecule has 0 saturated carbocycles. The molecule has 0 heterocycles. The molecule has 0 aromatic heterocycles. The van der Waals surface area contributed by atoms with Crippen LogP contribution in [0.15, 0.2) is 89.1 Å². The van der Waals surface area contributed by atoms with Crippen molar-refractivity contribution < 1.29 is 14.6 Å². The summed E-state index contributed by atoms with van der Waals surface area (Å²) in [4.78, 5) is 12.9. The zero-order chi connectivity index (χ0) is 19.8. The zero-order valence-corrected chi connectivity index (χ0v) is 15.4. The number of Topliss-reactive ketones (excluding diaryl/α,β-unsaturated/α-hetero) is 1.